The first-order chi connectivity index (χ1) is 8.47. The third kappa shape index (κ3) is 1.98. The smallest absolute Gasteiger partial charge is 0.270 e. The zero-order valence-corrected chi connectivity index (χ0v) is 9.86. The van der Waals surface area contributed by atoms with Crippen LogP contribution in [0.2, 0.25) is 5.15 Å². The first-order valence-corrected chi connectivity index (χ1v) is 5.49. The van der Waals surface area contributed by atoms with Crippen molar-refractivity contribution in [1.82, 2.24) is 9.55 Å². The highest BCUT2D eigenvalue weighted by Gasteiger charge is 2.44. The van der Waals surface area contributed by atoms with Crippen LogP contribution in [0.3, 0.4) is 0 Å². The van der Waals surface area contributed by atoms with E-state index in [1.807, 2.05) is 0 Å². The number of rotatable bonds is 3. The minimum Gasteiger partial charge on any atom is -0.394 e. The highest BCUT2D eigenvalue weighted by atomic mass is 35.5. The highest BCUT2D eigenvalue weighted by molar-refractivity contribution is 6.32. The summed E-state index contributed by atoms with van der Waals surface area (Å²) in [6, 6.07) is 0. The largest absolute Gasteiger partial charge is 0.394 e. The van der Waals surface area contributed by atoms with Crippen LogP contribution in [0.4, 0.5) is 0 Å². The van der Waals surface area contributed by atoms with Crippen LogP contribution >= 0.6 is 11.6 Å². The molecule has 1 aromatic rings. The molecule has 0 spiro atoms. The molecular weight excluding hydrogens is 266 g/mol. The third-order valence-corrected chi connectivity index (χ3v) is 3.13. The van der Waals surface area contributed by atoms with Gasteiger partial charge in [-0.15, -0.1) is 0 Å². The number of aliphatic hydroxyl groups is 3. The normalized spacial score (nSPS) is 31.8. The minimum atomic E-state index is -1.30. The molecule has 9 heteroatoms. The molecule has 1 saturated heterocycles. The molecule has 100 valence electrons. The fourth-order valence-electron chi connectivity index (χ4n) is 1.80. The van der Waals surface area contributed by atoms with Gasteiger partial charge in [0.15, 0.2) is 11.9 Å². The zero-order chi connectivity index (χ0) is 13.4. The number of aromatic nitrogens is 2. The summed E-state index contributed by atoms with van der Waals surface area (Å²) in [5, 5.41) is 28.2. The molecule has 0 bridgehead atoms. The van der Waals surface area contributed by atoms with Gasteiger partial charge in [0.05, 0.1) is 12.9 Å². The molecule has 1 aromatic heterocycles. The zero-order valence-electron chi connectivity index (χ0n) is 9.10. The van der Waals surface area contributed by atoms with Crippen molar-refractivity contribution < 1.29 is 24.9 Å². The van der Waals surface area contributed by atoms with E-state index >= 15 is 0 Å². The number of amides is 1. The van der Waals surface area contributed by atoms with Gasteiger partial charge in [0, 0.05) is 0 Å². The van der Waals surface area contributed by atoms with Crippen LogP contribution in [0.1, 0.15) is 16.7 Å². The minimum absolute atomic E-state index is 0.0997. The maximum absolute atomic E-state index is 11.0. The van der Waals surface area contributed by atoms with Crippen LogP contribution in [-0.4, -0.2) is 55.7 Å². The quantitative estimate of drug-likeness (QED) is 0.518. The fraction of sp³-hybridized carbons (Fsp3) is 0.556. The van der Waals surface area contributed by atoms with Crippen molar-refractivity contribution in [1.29, 1.82) is 0 Å². The molecule has 0 aliphatic carbocycles. The van der Waals surface area contributed by atoms with Gasteiger partial charge >= 0.3 is 0 Å². The molecule has 4 atom stereocenters. The van der Waals surface area contributed by atoms with E-state index in [0.29, 0.717) is 0 Å². The number of ether oxygens (including phenoxy) is 1. The number of carbonyl (C=O) groups is 1. The molecule has 1 aliphatic heterocycles. The van der Waals surface area contributed by atoms with Crippen molar-refractivity contribution in [2.75, 3.05) is 6.61 Å². The summed E-state index contributed by atoms with van der Waals surface area (Å²) < 4.78 is 6.40. The van der Waals surface area contributed by atoms with Gasteiger partial charge in [0.2, 0.25) is 0 Å². The van der Waals surface area contributed by atoms with Gasteiger partial charge in [0.1, 0.15) is 23.5 Å². The summed E-state index contributed by atoms with van der Waals surface area (Å²) in [6.45, 7) is -0.455. The van der Waals surface area contributed by atoms with Gasteiger partial charge in [-0.3, -0.25) is 9.36 Å². The highest BCUT2D eigenvalue weighted by Crippen LogP contribution is 2.32. The maximum Gasteiger partial charge on any atom is 0.270 e. The van der Waals surface area contributed by atoms with Gasteiger partial charge in [-0.2, -0.15) is 0 Å². The molecule has 2 heterocycles. The average Bonchev–Trinajstić information content (AvgIpc) is 2.82. The Labute approximate surface area is 107 Å². The molecule has 1 fully saturated rings. The van der Waals surface area contributed by atoms with Crippen molar-refractivity contribution in [3.63, 3.8) is 0 Å². The topological polar surface area (TPSA) is 131 Å². The maximum atomic E-state index is 11.0. The molecule has 8 nitrogen and oxygen atoms in total. The van der Waals surface area contributed by atoms with E-state index in [0.717, 1.165) is 0 Å². The third-order valence-electron chi connectivity index (χ3n) is 2.76. The summed E-state index contributed by atoms with van der Waals surface area (Å²) >= 11 is 5.87. The first-order valence-electron chi connectivity index (χ1n) is 5.12. The van der Waals surface area contributed by atoms with E-state index in [-0.39, 0.29) is 10.8 Å². The molecule has 0 aromatic carbocycles. The monoisotopic (exact) mass is 277 g/mol. The lowest BCUT2D eigenvalue weighted by molar-refractivity contribution is -0.0526. The van der Waals surface area contributed by atoms with E-state index in [4.69, 9.17) is 27.2 Å². The van der Waals surface area contributed by atoms with Crippen LogP contribution in [0.5, 0.6) is 0 Å². The Balaban J connectivity index is 2.30. The number of carbonyl (C=O) groups excluding carboxylic acids is 1. The Morgan fingerprint density at radius 3 is 2.67 bits per heavy atom. The van der Waals surface area contributed by atoms with Crippen LogP contribution in [0.15, 0.2) is 6.33 Å². The Hall–Kier alpha value is -1.19. The van der Waals surface area contributed by atoms with Crippen molar-refractivity contribution in [2.24, 2.45) is 5.73 Å². The number of halogens is 1. The number of imidazole rings is 1. The van der Waals surface area contributed by atoms with Gasteiger partial charge in [-0.1, -0.05) is 11.6 Å². The molecule has 5 N–H and O–H groups in total. The fourth-order valence-corrected chi connectivity index (χ4v) is 2.08. The summed E-state index contributed by atoms with van der Waals surface area (Å²) in [6.07, 6.45) is -3.35. The molecule has 1 aliphatic rings. The number of nitrogens with zero attached hydrogens (tertiary/aromatic N) is 2. The van der Waals surface area contributed by atoms with E-state index in [1.54, 1.807) is 0 Å². The second-order valence-electron chi connectivity index (χ2n) is 3.88. The van der Waals surface area contributed by atoms with Crippen molar-refractivity contribution in [2.45, 2.75) is 24.5 Å². The Morgan fingerprint density at radius 2 is 2.22 bits per heavy atom. The van der Waals surface area contributed by atoms with Crippen molar-refractivity contribution >= 4 is 17.5 Å². The summed E-state index contributed by atoms with van der Waals surface area (Å²) in [5.41, 5.74) is 4.89. The Morgan fingerprint density at radius 1 is 1.56 bits per heavy atom. The number of nitrogens with two attached hydrogens (primary N) is 1. The predicted molar refractivity (Wildman–Crippen MR) is 58.8 cm³/mol. The molecule has 0 unspecified atom stereocenters. The van der Waals surface area contributed by atoms with Gasteiger partial charge < -0.3 is 25.8 Å². The molecule has 0 radical (unpaired) electrons. The van der Waals surface area contributed by atoms with Gasteiger partial charge in [-0.05, 0) is 0 Å². The summed E-state index contributed by atoms with van der Waals surface area (Å²) in [5.74, 6) is -0.814. The molecular formula is C9H12ClN3O5. The van der Waals surface area contributed by atoms with Crippen LogP contribution < -0.4 is 5.73 Å². The van der Waals surface area contributed by atoms with Crippen molar-refractivity contribution in [3.8, 4) is 0 Å². The molecule has 18 heavy (non-hydrogen) atoms. The van der Waals surface area contributed by atoms with Crippen LogP contribution in [-0.2, 0) is 4.74 Å². The van der Waals surface area contributed by atoms with E-state index in [2.05, 4.69) is 4.98 Å². The lowest BCUT2D eigenvalue weighted by atomic mass is 10.1. The second kappa shape index (κ2) is 4.82. The molecule has 0 saturated carbocycles. The summed E-state index contributed by atoms with van der Waals surface area (Å²) in [7, 11) is 0. The average molecular weight is 278 g/mol. The number of hydrogen-bond donors (Lipinski definition) is 4. The Bertz CT molecular complexity index is 465. The number of hydrogen-bond acceptors (Lipinski definition) is 6. The molecule has 1 amide bonds. The second-order valence-corrected chi connectivity index (χ2v) is 4.24. The first kappa shape index (κ1) is 13.2. The van der Waals surface area contributed by atoms with E-state index in [9.17, 15) is 15.0 Å². The van der Waals surface area contributed by atoms with Crippen LogP contribution in [0, 0.1) is 0 Å². The Kier molecular flexibility index (Phi) is 3.55. The van der Waals surface area contributed by atoms with Gasteiger partial charge in [0.25, 0.3) is 5.91 Å². The van der Waals surface area contributed by atoms with Gasteiger partial charge in [-0.25, -0.2) is 4.98 Å². The predicted octanol–water partition coefficient (Wildman–Crippen LogP) is -1.75. The number of aliphatic hydroxyl groups excluding tert-OH is 3. The van der Waals surface area contributed by atoms with Crippen LogP contribution in [0.25, 0.3) is 0 Å². The molecule has 2 rings (SSSR count). The van der Waals surface area contributed by atoms with E-state index < -0.39 is 37.1 Å². The lowest BCUT2D eigenvalue weighted by Crippen LogP contribution is -2.33. The standard InChI is InChI=1S/C9H12ClN3O5/c10-7-4(8(11)17)12-2-13(7)9-6(16)5(15)3(1-14)18-9/h2-3,5-6,9,14-16H,1H2,(H2,11,17)/t3-,5-,6-,9-/m1/s1. The number of primary amides is 1. The van der Waals surface area contributed by atoms with Crippen molar-refractivity contribution in [3.05, 3.63) is 17.2 Å². The summed E-state index contributed by atoms with van der Waals surface area (Å²) in [4.78, 5) is 14.7. The SMILES string of the molecule is NC(=O)c1ncn([C@@H]2O[C@H](CO)[C@@H](O)[C@H]2O)c1Cl. The van der Waals surface area contributed by atoms with E-state index in [1.165, 1.54) is 10.9 Å². The lowest BCUT2D eigenvalue weighted by Gasteiger charge is -2.16.